The number of carbonyl (C=O) groups is 1. The van der Waals surface area contributed by atoms with Crippen molar-refractivity contribution in [3.8, 4) is 5.75 Å². The maximum absolute atomic E-state index is 12.3. The van der Waals surface area contributed by atoms with E-state index in [9.17, 15) is 17.7 Å². The highest BCUT2D eigenvalue weighted by molar-refractivity contribution is 6.74. The van der Waals surface area contributed by atoms with Gasteiger partial charge in [0.05, 0.1) is 18.4 Å². The van der Waals surface area contributed by atoms with E-state index in [2.05, 4.69) is 4.74 Å². The standard InChI is InChI=1S/C8H7BF3O3/c1-15-8(14)5-2-3-7(13)6(4-5)9(10,11)12/h2-4,13H,1H3/q-1. The highest BCUT2D eigenvalue weighted by Gasteiger charge is 2.29. The van der Waals surface area contributed by atoms with Gasteiger partial charge in [0, 0.05) is 0 Å². The SMILES string of the molecule is COC(=O)c1ccc(O)c([B-](F)(F)F)c1. The monoisotopic (exact) mass is 219 g/mol. The lowest BCUT2D eigenvalue weighted by Gasteiger charge is -2.17. The Hall–Kier alpha value is -1.66. The third kappa shape index (κ3) is 2.42. The van der Waals surface area contributed by atoms with Gasteiger partial charge in [0.25, 0.3) is 0 Å². The summed E-state index contributed by atoms with van der Waals surface area (Å²) >= 11 is 0. The summed E-state index contributed by atoms with van der Waals surface area (Å²) in [6, 6.07) is 2.45. The molecule has 0 atom stereocenters. The topological polar surface area (TPSA) is 46.5 Å². The molecule has 1 N–H and O–H groups in total. The second-order valence-electron chi connectivity index (χ2n) is 2.84. The van der Waals surface area contributed by atoms with Crippen LogP contribution in [-0.4, -0.2) is 25.2 Å². The Kier molecular flexibility index (Phi) is 2.92. The molecule has 0 unspecified atom stereocenters. The third-order valence-corrected chi connectivity index (χ3v) is 1.80. The van der Waals surface area contributed by atoms with Crippen LogP contribution in [0.1, 0.15) is 10.4 Å². The van der Waals surface area contributed by atoms with Crippen LogP contribution in [0.25, 0.3) is 0 Å². The first-order valence-corrected chi connectivity index (χ1v) is 3.97. The molecule has 0 bridgehead atoms. The molecule has 0 amide bonds. The van der Waals surface area contributed by atoms with Crippen LogP contribution in [0.5, 0.6) is 5.75 Å². The largest absolute Gasteiger partial charge is 0.513 e. The van der Waals surface area contributed by atoms with E-state index in [1.807, 2.05) is 0 Å². The average Bonchev–Trinajstić information content (AvgIpc) is 2.15. The van der Waals surface area contributed by atoms with Crippen molar-refractivity contribution in [3.05, 3.63) is 23.8 Å². The molecular formula is C8H7BF3O3-. The van der Waals surface area contributed by atoms with Gasteiger partial charge in [0.15, 0.2) is 0 Å². The van der Waals surface area contributed by atoms with Crippen LogP contribution >= 0.6 is 0 Å². The summed E-state index contributed by atoms with van der Waals surface area (Å²) in [5.41, 5.74) is -1.44. The highest BCUT2D eigenvalue weighted by Crippen LogP contribution is 2.18. The second-order valence-corrected chi connectivity index (χ2v) is 2.84. The molecule has 1 aromatic carbocycles. The second kappa shape index (κ2) is 3.84. The molecule has 0 aliphatic carbocycles. The number of hydrogen-bond donors (Lipinski definition) is 1. The molecule has 82 valence electrons. The molecule has 15 heavy (non-hydrogen) atoms. The number of ether oxygens (including phenoxy) is 1. The van der Waals surface area contributed by atoms with E-state index in [0.717, 1.165) is 19.2 Å². The molecule has 0 saturated carbocycles. The normalized spacial score (nSPS) is 11.2. The fraction of sp³-hybridized carbons (Fsp3) is 0.125. The van der Waals surface area contributed by atoms with Crippen molar-refractivity contribution in [2.45, 2.75) is 0 Å². The minimum absolute atomic E-state index is 0.246. The van der Waals surface area contributed by atoms with Gasteiger partial charge in [0.1, 0.15) is 0 Å². The zero-order chi connectivity index (χ0) is 11.6. The van der Waals surface area contributed by atoms with Gasteiger partial charge in [0.2, 0.25) is 0 Å². The molecule has 0 spiro atoms. The van der Waals surface area contributed by atoms with Gasteiger partial charge in [-0.2, -0.15) is 0 Å². The highest BCUT2D eigenvalue weighted by atomic mass is 19.4. The molecule has 1 aromatic rings. The third-order valence-electron chi connectivity index (χ3n) is 1.80. The molecule has 0 radical (unpaired) electrons. The van der Waals surface area contributed by atoms with Gasteiger partial charge in [-0.05, 0) is 12.1 Å². The number of methoxy groups -OCH3 is 1. The minimum atomic E-state index is -5.34. The van der Waals surface area contributed by atoms with Crippen LogP contribution in [0.15, 0.2) is 18.2 Å². The number of benzene rings is 1. The van der Waals surface area contributed by atoms with E-state index in [1.54, 1.807) is 0 Å². The van der Waals surface area contributed by atoms with Gasteiger partial charge in [-0.3, -0.25) is 0 Å². The summed E-state index contributed by atoms with van der Waals surface area (Å²) in [5, 5.41) is 8.97. The molecule has 1 rings (SSSR count). The van der Waals surface area contributed by atoms with Crippen LogP contribution < -0.4 is 5.46 Å². The minimum Gasteiger partial charge on any atom is -0.511 e. The van der Waals surface area contributed by atoms with Gasteiger partial charge in [-0.15, -0.1) is 0 Å². The predicted octanol–water partition coefficient (Wildman–Crippen LogP) is 1.23. The Morgan fingerprint density at radius 1 is 1.40 bits per heavy atom. The first-order valence-electron chi connectivity index (χ1n) is 3.97. The summed E-state index contributed by atoms with van der Waals surface area (Å²) in [7, 11) is 1.06. The number of rotatable bonds is 2. The number of phenols is 1. The molecular weight excluding hydrogens is 212 g/mol. The van der Waals surface area contributed by atoms with E-state index < -0.39 is 24.2 Å². The molecule has 0 saturated heterocycles. The average molecular weight is 219 g/mol. The lowest BCUT2D eigenvalue weighted by atomic mass is 9.78. The summed E-state index contributed by atoms with van der Waals surface area (Å²) in [6.45, 7) is -5.34. The maximum atomic E-state index is 12.3. The van der Waals surface area contributed by atoms with Gasteiger partial charge < -0.3 is 22.8 Å². The van der Waals surface area contributed by atoms with Crippen molar-refractivity contribution in [3.63, 3.8) is 0 Å². The van der Waals surface area contributed by atoms with E-state index in [-0.39, 0.29) is 5.56 Å². The first-order chi connectivity index (χ1) is 6.86. The number of phenolic OH excluding ortho intramolecular Hbond substituents is 1. The van der Waals surface area contributed by atoms with Crippen LogP contribution in [-0.2, 0) is 4.74 Å². The number of aromatic hydroxyl groups is 1. The quantitative estimate of drug-likeness (QED) is 0.601. The Morgan fingerprint density at radius 3 is 2.47 bits per heavy atom. The van der Waals surface area contributed by atoms with E-state index in [0.29, 0.717) is 6.07 Å². The Labute approximate surface area is 83.5 Å². The molecule has 7 heteroatoms. The summed E-state index contributed by atoms with van der Waals surface area (Å²) in [4.78, 5) is 10.9. The number of halogens is 3. The number of esters is 1. The van der Waals surface area contributed by atoms with Crippen molar-refractivity contribution in [2.75, 3.05) is 7.11 Å². The van der Waals surface area contributed by atoms with Crippen LogP contribution in [0.2, 0.25) is 0 Å². The maximum Gasteiger partial charge on any atom is 0.513 e. The van der Waals surface area contributed by atoms with E-state index in [1.165, 1.54) is 0 Å². The molecule has 0 aliphatic rings. The van der Waals surface area contributed by atoms with Crippen LogP contribution in [0.3, 0.4) is 0 Å². The smallest absolute Gasteiger partial charge is 0.511 e. The molecule has 0 heterocycles. The van der Waals surface area contributed by atoms with Crippen molar-refractivity contribution in [2.24, 2.45) is 0 Å². The summed E-state index contributed by atoms with van der Waals surface area (Å²) < 4.78 is 41.3. The fourth-order valence-electron chi connectivity index (χ4n) is 1.06. The van der Waals surface area contributed by atoms with Crippen LogP contribution in [0, 0.1) is 0 Å². The summed E-state index contributed by atoms with van der Waals surface area (Å²) in [5.74, 6) is -1.77. The van der Waals surface area contributed by atoms with Gasteiger partial charge in [-0.1, -0.05) is 11.5 Å². The van der Waals surface area contributed by atoms with E-state index in [4.69, 9.17) is 5.11 Å². The van der Waals surface area contributed by atoms with Crippen molar-refractivity contribution >= 4 is 18.4 Å². The van der Waals surface area contributed by atoms with Crippen molar-refractivity contribution in [1.82, 2.24) is 0 Å². The molecule has 0 aliphatic heterocycles. The molecule has 3 nitrogen and oxygen atoms in total. The zero-order valence-corrected chi connectivity index (χ0v) is 7.71. The van der Waals surface area contributed by atoms with Crippen molar-refractivity contribution < 1.29 is 27.6 Å². The Bertz CT molecular complexity index is 389. The van der Waals surface area contributed by atoms with Crippen molar-refractivity contribution in [1.29, 1.82) is 0 Å². The predicted molar refractivity (Wildman–Crippen MR) is 48.2 cm³/mol. The van der Waals surface area contributed by atoms with E-state index >= 15 is 0 Å². The lowest BCUT2D eigenvalue weighted by Crippen LogP contribution is -2.34. The number of hydrogen-bond acceptors (Lipinski definition) is 3. The van der Waals surface area contributed by atoms with Crippen LogP contribution in [0.4, 0.5) is 12.9 Å². The molecule has 0 aromatic heterocycles. The fourth-order valence-corrected chi connectivity index (χ4v) is 1.06. The summed E-state index contributed by atoms with van der Waals surface area (Å²) in [6.07, 6.45) is 0. The number of carbonyl (C=O) groups excluding carboxylic acids is 1. The Balaban J connectivity index is 3.23. The van der Waals surface area contributed by atoms with Gasteiger partial charge in [-0.25, -0.2) is 4.79 Å². The Morgan fingerprint density at radius 2 is 2.00 bits per heavy atom. The zero-order valence-electron chi connectivity index (χ0n) is 7.71. The first kappa shape index (κ1) is 11.4. The lowest BCUT2D eigenvalue weighted by molar-refractivity contribution is 0.0601. The molecule has 0 fully saturated rings. The van der Waals surface area contributed by atoms with Gasteiger partial charge >= 0.3 is 12.9 Å².